The van der Waals surface area contributed by atoms with E-state index in [1.807, 2.05) is 48.5 Å². The predicted molar refractivity (Wildman–Crippen MR) is 99.3 cm³/mol. The molecule has 4 rings (SSSR count). The van der Waals surface area contributed by atoms with Crippen molar-refractivity contribution < 1.29 is 14.3 Å². The summed E-state index contributed by atoms with van der Waals surface area (Å²) in [5.41, 5.74) is 2.30. The van der Waals surface area contributed by atoms with Crippen LogP contribution in [0, 0.1) is 4.77 Å². The Morgan fingerprint density at radius 2 is 1.96 bits per heavy atom. The Labute approximate surface area is 155 Å². The third kappa shape index (κ3) is 2.97. The molecule has 3 aromatic rings. The minimum Gasteiger partial charge on any atom is -0.454 e. The summed E-state index contributed by atoms with van der Waals surface area (Å²) in [6.07, 6.45) is 1.65. The van der Waals surface area contributed by atoms with Gasteiger partial charge in [0.15, 0.2) is 16.3 Å². The number of amides is 1. The molecular weight excluding hydrogens is 350 g/mol. The highest BCUT2D eigenvalue weighted by molar-refractivity contribution is 7.71. The predicted octanol–water partition coefficient (Wildman–Crippen LogP) is 3.54. The van der Waals surface area contributed by atoms with Crippen molar-refractivity contribution in [1.29, 1.82) is 0 Å². The minimum atomic E-state index is -0.126. The molecule has 132 valence electrons. The standard InChI is InChI=1S/C19H17N3O3S/c1-21(11-13-7-8-16-17(9-13)25-12-24-16)18(23)15-10-20-19(26)22(15)14-5-3-2-4-6-14/h2-10H,11-12H2,1H3,(H,20,26). The number of fused-ring (bicyclic) bond motifs is 1. The lowest BCUT2D eigenvalue weighted by molar-refractivity contribution is 0.0777. The monoisotopic (exact) mass is 367 g/mol. The first-order valence-electron chi connectivity index (χ1n) is 8.13. The van der Waals surface area contributed by atoms with Gasteiger partial charge in [-0.3, -0.25) is 9.36 Å². The van der Waals surface area contributed by atoms with Crippen molar-refractivity contribution in [2.24, 2.45) is 0 Å². The first-order valence-corrected chi connectivity index (χ1v) is 8.54. The SMILES string of the molecule is CN(Cc1ccc2c(c1)OCO2)C(=O)c1c[nH]c(=S)n1-c1ccccc1. The Morgan fingerprint density at radius 3 is 2.77 bits per heavy atom. The molecule has 1 aliphatic heterocycles. The quantitative estimate of drug-likeness (QED) is 0.717. The summed E-state index contributed by atoms with van der Waals surface area (Å²) >= 11 is 5.35. The average molecular weight is 367 g/mol. The molecule has 1 amide bonds. The van der Waals surface area contributed by atoms with E-state index in [1.54, 1.807) is 22.7 Å². The van der Waals surface area contributed by atoms with Crippen molar-refractivity contribution in [3.8, 4) is 17.2 Å². The molecule has 26 heavy (non-hydrogen) atoms. The van der Waals surface area contributed by atoms with E-state index in [2.05, 4.69) is 4.98 Å². The number of carbonyl (C=O) groups is 1. The molecule has 0 unspecified atom stereocenters. The van der Waals surface area contributed by atoms with E-state index in [-0.39, 0.29) is 12.7 Å². The van der Waals surface area contributed by atoms with Gasteiger partial charge in [0.1, 0.15) is 5.69 Å². The summed E-state index contributed by atoms with van der Waals surface area (Å²) < 4.78 is 12.9. The number of aromatic nitrogens is 2. The van der Waals surface area contributed by atoms with Crippen LogP contribution in [0.2, 0.25) is 0 Å². The molecule has 6 nitrogen and oxygen atoms in total. The van der Waals surface area contributed by atoms with Crippen LogP contribution in [0.1, 0.15) is 16.1 Å². The molecule has 0 fully saturated rings. The maximum atomic E-state index is 13.0. The van der Waals surface area contributed by atoms with Crippen LogP contribution in [-0.2, 0) is 6.54 Å². The molecule has 1 N–H and O–H groups in total. The van der Waals surface area contributed by atoms with Crippen LogP contribution in [0.3, 0.4) is 0 Å². The first-order chi connectivity index (χ1) is 12.6. The summed E-state index contributed by atoms with van der Waals surface area (Å²) in [5.74, 6) is 1.31. The average Bonchev–Trinajstić information content (AvgIpc) is 3.27. The topological polar surface area (TPSA) is 59.5 Å². The zero-order valence-electron chi connectivity index (χ0n) is 14.1. The molecule has 0 atom stereocenters. The lowest BCUT2D eigenvalue weighted by Gasteiger charge is -2.18. The van der Waals surface area contributed by atoms with Gasteiger partial charge in [-0.15, -0.1) is 0 Å². The fraction of sp³-hybridized carbons (Fsp3) is 0.158. The fourth-order valence-corrected chi connectivity index (χ4v) is 3.20. The Kier molecular flexibility index (Phi) is 4.22. The number of H-pyrrole nitrogens is 1. The van der Waals surface area contributed by atoms with Crippen molar-refractivity contribution >= 4 is 18.1 Å². The van der Waals surface area contributed by atoms with Crippen LogP contribution in [0.5, 0.6) is 11.5 Å². The van der Waals surface area contributed by atoms with E-state index in [9.17, 15) is 4.79 Å². The van der Waals surface area contributed by atoms with E-state index < -0.39 is 0 Å². The summed E-state index contributed by atoms with van der Waals surface area (Å²) in [4.78, 5) is 17.6. The number of rotatable bonds is 4. The van der Waals surface area contributed by atoms with Crippen LogP contribution < -0.4 is 9.47 Å². The molecule has 2 aromatic carbocycles. The molecule has 1 aromatic heterocycles. The van der Waals surface area contributed by atoms with Crippen LogP contribution in [-0.4, -0.2) is 34.2 Å². The van der Waals surface area contributed by atoms with Gasteiger partial charge in [0, 0.05) is 25.5 Å². The van der Waals surface area contributed by atoms with E-state index >= 15 is 0 Å². The van der Waals surface area contributed by atoms with Gasteiger partial charge in [0.25, 0.3) is 5.91 Å². The maximum Gasteiger partial charge on any atom is 0.272 e. The number of nitrogens with zero attached hydrogens (tertiary/aromatic N) is 2. The second kappa shape index (κ2) is 6.68. The van der Waals surface area contributed by atoms with Gasteiger partial charge in [0.2, 0.25) is 6.79 Å². The highest BCUT2D eigenvalue weighted by Crippen LogP contribution is 2.32. The van der Waals surface area contributed by atoms with Gasteiger partial charge >= 0.3 is 0 Å². The number of ether oxygens (including phenoxy) is 2. The number of hydrogen-bond donors (Lipinski definition) is 1. The molecule has 0 saturated carbocycles. The Morgan fingerprint density at radius 1 is 1.19 bits per heavy atom. The third-order valence-electron chi connectivity index (χ3n) is 4.21. The van der Waals surface area contributed by atoms with E-state index in [0.717, 1.165) is 17.0 Å². The lowest BCUT2D eigenvalue weighted by atomic mass is 10.2. The highest BCUT2D eigenvalue weighted by atomic mass is 32.1. The number of carbonyl (C=O) groups excluding carboxylic acids is 1. The minimum absolute atomic E-state index is 0.126. The molecular formula is C19H17N3O3S. The Balaban J connectivity index is 1.59. The molecule has 0 spiro atoms. The van der Waals surface area contributed by atoms with Crippen molar-refractivity contribution in [2.75, 3.05) is 13.8 Å². The van der Waals surface area contributed by atoms with Gasteiger partial charge in [-0.25, -0.2) is 0 Å². The largest absolute Gasteiger partial charge is 0.454 e. The number of benzene rings is 2. The molecule has 7 heteroatoms. The smallest absolute Gasteiger partial charge is 0.272 e. The molecule has 0 saturated heterocycles. The third-order valence-corrected chi connectivity index (χ3v) is 4.51. The van der Waals surface area contributed by atoms with Crippen LogP contribution in [0.15, 0.2) is 54.7 Å². The number of para-hydroxylation sites is 1. The molecule has 0 aliphatic carbocycles. The second-order valence-corrected chi connectivity index (χ2v) is 6.39. The Bertz CT molecular complexity index is 1010. The van der Waals surface area contributed by atoms with Crippen molar-refractivity contribution in [3.05, 3.63) is 70.8 Å². The normalized spacial score (nSPS) is 12.2. The van der Waals surface area contributed by atoms with Crippen LogP contribution in [0.25, 0.3) is 5.69 Å². The lowest BCUT2D eigenvalue weighted by Crippen LogP contribution is -2.28. The summed E-state index contributed by atoms with van der Waals surface area (Å²) in [5, 5.41) is 0. The first kappa shape index (κ1) is 16.4. The molecule has 0 radical (unpaired) electrons. The van der Waals surface area contributed by atoms with Gasteiger partial charge in [-0.2, -0.15) is 0 Å². The molecule has 0 bridgehead atoms. The number of hydrogen-bond acceptors (Lipinski definition) is 4. The maximum absolute atomic E-state index is 13.0. The van der Waals surface area contributed by atoms with Gasteiger partial charge in [0.05, 0.1) is 0 Å². The molecule has 1 aliphatic rings. The number of aromatic amines is 1. The van der Waals surface area contributed by atoms with Crippen LogP contribution >= 0.6 is 12.2 Å². The van der Waals surface area contributed by atoms with Gasteiger partial charge in [-0.1, -0.05) is 24.3 Å². The Hall–Kier alpha value is -3.06. The summed E-state index contributed by atoms with van der Waals surface area (Å²) in [6, 6.07) is 15.3. The zero-order valence-corrected chi connectivity index (χ0v) is 15.0. The number of nitrogens with one attached hydrogen (secondary N) is 1. The summed E-state index contributed by atoms with van der Waals surface area (Å²) in [7, 11) is 1.76. The molecule has 2 heterocycles. The van der Waals surface area contributed by atoms with Crippen LogP contribution in [0.4, 0.5) is 0 Å². The fourth-order valence-electron chi connectivity index (χ4n) is 2.94. The summed E-state index contributed by atoms with van der Waals surface area (Å²) in [6.45, 7) is 0.678. The van der Waals surface area contributed by atoms with Crippen molar-refractivity contribution in [3.63, 3.8) is 0 Å². The van der Waals surface area contributed by atoms with Gasteiger partial charge in [-0.05, 0) is 42.0 Å². The number of imidazole rings is 1. The second-order valence-electron chi connectivity index (χ2n) is 6.00. The van der Waals surface area contributed by atoms with E-state index in [1.165, 1.54) is 0 Å². The van der Waals surface area contributed by atoms with Crippen molar-refractivity contribution in [2.45, 2.75) is 6.54 Å². The van der Waals surface area contributed by atoms with E-state index in [4.69, 9.17) is 21.7 Å². The van der Waals surface area contributed by atoms with Crippen molar-refractivity contribution in [1.82, 2.24) is 14.5 Å². The zero-order chi connectivity index (χ0) is 18.1. The van der Waals surface area contributed by atoms with Gasteiger partial charge < -0.3 is 19.4 Å². The van der Waals surface area contributed by atoms with E-state index in [0.29, 0.717) is 22.8 Å². The highest BCUT2D eigenvalue weighted by Gasteiger charge is 2.20.